The standard InChI is InChI=1S/C29H33N4O8P/c1-19(27(37)39-20(2)21-10-6-4-7-11-21)18-42(41-23-12-8-5-9-13-23)38-17-24-26(36)29(3,31-32-30)28(40-24)33-15-14-22(34)16-25(33)35/h4-15,19-20,24,26,28,36H,16-18H2,1-3H3/t19-,20+,24-,26-,28-,29-,42?/m1/s1. The summed E-state index contributed by atoms with van der Waals surface area (Å²) in [6.07, 6.45) is -1.70. The number of esters is 1. The second-order valence-corrected chi connectivity index (χ2v) is 11.7. The Morgan fingerprint density at radius 1 is 1.19 bits per heavy atom. The number of carbonyl (C=O) groups excluding carboxylic acids is 3. The highest BCUT2D eigenvalue weighted by molar-refractivity contribution is 7.47. The quantitative estimate of drug-likeness (QED) is 0.0913. The summed E-state index contributed by atoms with van der Waals surface area (Å²) in [4.78, 5) is 41.2. The Bertz CT molecular complexity index is 1340. The molecule has 1 saturated heterocycles. The molecule has 1 fully saturated rings. The molecule has 2 aliphatic rings. The maximum Gasteiger partial charge on any atom is 0.309 e. The van der Waals surface area contributed by atoms with Crippen LogP contribution in [0.1, 0.15) is 38.9 Å². The van der Waals surface area contributed by atoms with Crippen molar-refractivity contribution in [3.8, 4) is 5.75 Å². The number of allylic oxidation sites excluding steroid dienone is 1. The maximum absolute atomic E-state index is 13.0. The van der Waals surface area contributed by atoms with Gasteiger partial charge in [0.05, 0.1) is 25.0 Å². The molecule has 4 rings (SSSR count). The summed E-state index contributed by atoms with van der Waals surface area (Å²) in [5, 5.41) is 14.9. The minimum Gasteiger partial charge on any atom is -0.458 e. The molecule has 1 N–H and O–H groups in total. The number of carbonyl (C=O) groups is 3. The lowest BCUT2D eigenvalue weighted by Crippen LogP contribution is -2.52. The van der Waals surface area contributed by atoms with Crippen molar-refractivity contribution in [2.75, 3.05) is 12.8 Å². The third-order valence-corrected chi connectivity index (χ3v) is 8.72. The van der Waals surface area contributed by atoms with Crippen LogP contribution < -0.4 is 4.52 Å². The van der Waals surface area contributed by atoms with Crippen LogP contribution in [0.3, 0.4) is 0 Å². The number of hydrogen-bond acceptors (Lipinski definition) is 9. The highest BCUT2D eigenvalue weighted by Gasteiger charge is 2.56. The predicted molar refractivity (Wildman–Crippen MR) is 153 cm³/mol. The fraction of sp³-hybridized carbons (Fsp3) is 0.414. The van der Waals surface area contributed by atoms with Crippen molar-refractivity contribution < 1.29 is 38.0 Å². The SMILES string of the molecule is C[C@H](CP(OC[C@H]1O[C@@H](N2C=CC(=O)CC2=O)[C@](C)(N=[N+]=[N-])[C@@H]1O)Oc1ccccc1)C(=O)O[C@@H](C)c1ccccc1. The highest BCUT2D eigenvalue weighted by Crippen LogP contribution is 2.44. The number of benzene rings is 2. The van der Waals surface area contributed by atoms with Crippen LogP contribution in [0.2, 0.25) is 0 Å². The van der Waals surface area contributed by atoms with Crippen LogP contribution in [0.4, 0.5) is 0 Å². The first-order chi connectivity index (χ1) is 20.1. The molecule has 7 atom stereocenters. The topological polar surface area (TPSA) is 160 Å². The molecule has 2 aromatic carbocycles. The summed E-state index contributed by atoms with van der Waals surface area (Å²) in [5.74, 6) is -1.39. The van der Waals surface area contributed by atoms with Crippen LogP contribution in [0.25, 0.3) is 10.4 Å². The van der Waals surface area contributed by atoms with E-state index in [1.54, 1.807) is 38.1 Å². The van der Waals surface area contributed by atoms with E-state index in [2.05, 4.69) is 10.0 Å². The van der Waals surface area contributed by atoms with Gasteiger partial charge >= 0.3 is 5.97 Å². The van der Waals surface area contributed by atoms with Crippen LogP contribution >= 0.6 is 8.38 Å². The first kappa shape index (κ1) is 31.2. The molecule has 42 heavy (non-hydrogen) atoms. The van der Waals surface area contributed by atoms with Gasteiger partial charge in [0.15, 0.2) is 12.0 Å². The van der Waals surface area contributed by atoms with Gasteiger partial charge in [-0.1, -0.05) is 60.6 Å². The Morgan fingerprint density at radius 2 is 1.86 bits per heavy atom. The lowest BCUT2D eigenvalue weighted by atomic mass is 9.92. The van der Waals surface area contributed by atoms with Gasteiger partial charge in [-0.25, -0.2) is 0 Å². The molecule has 2 aliphatic heterocycles. The Kier molecular flexibility index (Phi) is 10.3. The van der Waals surface area contributed by atoms with Gasteiger partial charge in [0.1, 0.15) is 23.5 Å². The third-order valence-electron chi connectivity index (χ3n) is 7.02. The van der Waals surface area contributed by atoms with Gasteiger partial charge < -0.3 is 23.6 Å². The van der Waals surface area contributed by atoms with Crippen molar-refractivity contribution in [3.63, 3.8) is 0 Å². The van der Waals surface area contributed by atoms with E-state index in [0.29, 0.717) is 5.75 Å². The highest BCUT2D eigenvalue weighted by atomic mass is 31.2. The van der Waals surface area contributed by atoms with Crippen LogP contribution in [0.5, 0.6) is 5.75 Å². The van der Waals surface area contributed by atoms with E-state index in [0.717, 1.165) is 10.5 Å². The number of ketones is 1. The number of ether oxygens (including phenoxy) is 2. The minimum absolute atomic E-state index is 0.180. The average Bonchev–Trinajstić information content (AvgIpc) is 3.22. The van der Waals surface area contributed by atoms with E-state index >= 15 is 0 Å². The number of amides is 1. The van der Waals surface area contributed by atoms with Gasteiger partial charge in [0.25, 0.3) is 0 Å². The summed E-state index contributed by atoms with van der Waals surface area (Å²) in [6, 6.07) is 18.3. The fourth-order valence-corrected chi connectivity index (χ4v) is 6.09. The van der Waals surface area contributed by atoms with Gasteiger partial charge in [-0.15, -0.1) is 0 Å². The van der Waals surface area contributed by atoms with Crippen molar-refractivity contribution in [1.29, 1.82) is 0 Å². The number of rotatable bonds is 12. The zero-order valence-electron chi connectivity index (χ0n) is 23.5. The Morgan fingerprint density at radius 3 is 2.50 bits per heavy atom. The molecule has 0 aromatic heterocycles. The normalized spacial score (nSPS) is 25.8. The van der Waals surface area contributed by atoms with Gasteiger partial charge in [-0.2, -0.15) is 0 Å². The molecule has 12 nitrogen and oxygen atoms in total. The number of aliphatic hydroxyl groups is 1. The van der Waals surface area contributed by atoms with E-state index in [4.69, 9.17) is 18.5 Å². The fourth-order valence-electron chi connectivity index (χ4n) is 4.59. The van der Waals surface area contributed by atoms with Crippen molar-refractivity contribution in [3.05, 3.63) is 88.9 Å². The summed E-state index contributed by atoms with van der Waals surface area (Å²) < 4.78 is 23.9. The van der Waals surface area contributed by atoms with Crippen molar-refractivity contribution in [1.82, 2.24) is 4.90 Å². The molecule has 0 saturated carbocycles. The number of hydrogen-bond donors (Lipinski definition) is 1. The molecule has 2 aromatic rings. The van der Waals surface area contributed by atoms with E-state index in [-0.39, 0.29) is 25.0 Å². The molecule has 222 valence electrons. The molecule has 0 spiro atoms. The van der Waals surface area contributed by atoms with E-state index < -0.39 is 56.2 Å². The molecule has 13 heteroatoms. The van der Waals surface area contributed by atoms with E-state index in [9.17, 15) is 25.0 Å². The zero-order valence-corrected chi connectivity index (χ0v) is 24.4. The monoisotopic (exact) mass is 596 g/mol. The minimum atomic E-state index is -1.74. The van der Waals surface area contributed by atoms with Crippen molar-refractivity contribution >= 4 is 26.0 Å². The van der Waals surface area contributed by atoms with Crippen LogP contribution in [0, 0.1) is 5.92 Å². The first-order valence-corrected chi connectivity index (χ1v) is 14.8. The predicted octanol–water partition coefficient (Wildman–Crippen LogP) is 4.80. The van der Waals surface area contributed by atoms with Crippen LogP contribution in [-0.2, 0) is 28.4 Å². The molecule has 1 amide bonds. The largest absolute Gasteiger partial charge is 0.458 e. The molecular weight excluding hydrogens is 563 g/mol. The molecule has 1 unspecified atom stereocenters. The summed E-state index contributed by atoms with van der Waals surface area (Å²) in [5.41, 5.74) is 8.51. The number of para-hydroxylation sites is 1. The van der Waals surface area contributed by atoms with Crippen molar-refractivity contribution in [2.45, 2.75) is 57.3 Å². The van der Waals surface area contributed by atoms with Gasteiger partial charge in [-0.05, 0) is 43.2 Å². The van der Waals surface area contributed by atoms with E-state index in [1.165, 1.54) is 19.2 Å². The van der Waals surface area contributed by atoms with Crippen LogP contribution in [0.15, 0.2) is 78.1 Å². The van der Waals surface area contributed by atoms with Gasteiger partial charge in [0.2, 0.25) is 14.3 Å². The van der Waals surface area contributed by atoms with Gasteiger partial charge in [0, 0.05) is 17.3 Å². The number of aliphatic hydroxyl groups excluding tert-OH is 1. The van der Waals surface area contributed by atoms with E-state index in [1.807, 2.05) is 36.4 Å². The Balaban J connectivity index is 1.46. The molecular formula is C29H33N4O8P. The average molecular weight is 597 g/mol. The summed E-state index contributed by atoms with van der Waals surface area (Å²) >= 11 is 0. The summed E-state index contributed by atoms with van der Waals surface area (Å²) in [6.45, 7) is 4.79. The lowest BCUT2D eigenvalue weighted by Gasteiger charge is -2.35. The van der Waals surface area contributed by atoms with Gasteiger partial charge in [-0.3, -0.25) is 19.3 Å². The Labute approximate surface area is 244 Å². The number of azide groups is 1. The number of nitrogens with zero attached hydrogens (tertiary/aromatic N) is 4. The molecule has 0 radical (unpaired) electrons. The molecule has 0 bridgehead atoms. The van der Waals surface area contributed by atoms with Crippen molar-refractivity contribution in [2.24, 2.45) is 11.0 Å². The second kappa shape index (κ2) is 13.9. The lowest BCUT2D eigenvalue weighted by molar-refractivity contribution is -0.152. The zero-order chi connectivity index (χ0) is 30.3. The molecule has 0 aliphatic carbocycles. The first-order valence-electron chi connectivity index (χ1n) is 13.4. The van der Waals surface area contributed by atoms with Crippen LogP contribution in [-0.4, -0.2) is 64.4 Å². The third kappa shape index (κ3) is 7.34. The smallest absolute Gasteiger partial charge is 0.309 e. The molecule has 2 heterocycles. The summed E-state index contributed by atoms with van der Waals surface area (Å²) in [7, 11) is -1.74. The second-order valence-electron chi connectivity index (χ2n) is 10.3. The maximum atomic E-state index is 13.0. The Hall–Kier alpha value is -3.79.